The number of likely N-dealkylation sites (N-methyl/N-ethyl adjacent to an activating group) is 2. The van der Waals surface area contributed by atoms with Gasteiger partial charge in [0.2, 0.25) is 0 Å². The van der Waals surface area contributed by atoms with Crippen molar-refractivity contribution in [3.8, 4) is 22.6 Å². The van der Waals surface area contributed by atoms with Gasteiger partial charge in [-0.2, -0.15) is 0 Å². The van der Waals surface area contributed by atoms with E-state index in [-0.39, 0.29) is 30.6 Å². The van der Waals surface area contributed by atoms with Crippen molar-refractivity contribution < 1.29 is 14.3 Å². The molecule has 2 aromatic carbocycles. The Hall–Kier alpha value is -1.79. The molecular formula is C27H40Cl2N2O3. The molecule has 0 atom stereocenters. The van der Waals surface area contributed by atoms with Crippen LogP contribution in [-0.2, 0) is 0 Å². The topological polar surface area (TPSA) is 42.0 Å². The van der Waals surface area contributed by atoms with E-state index in [4.69, 9.17) is 9.47 Å². The highest BCUT2D eigenvalue weighted by atomic mass is 35.5. The number of unbranched alkanes of at least 4 members (excludes halogenated alkanes) is 2. The minimum Gasteiger partial charge on any atom is -0.492 e. The van der Waals surface area contributed by atoms with Crippen LogP contribution in [0.4, 0.5) is 0 Å². The quantitative estimate of drug-likeness (QED) is 0.267. The number of ether oxygens (including phenoxy) is 2. The van der Waals surface area contributed by atoms with E-state index < -0.39 is 0 Å². The molecule has 0 unspecified atom stereocenters. The van der Waals surface area contributed by atoms with Crippen molar-refractivity contribution >= 4 is 30.6 Å². The van der Waals surface area contributed by atoms with Crippen LogP contribution < -0.4 is 9.47 Å². The zero-order chi connectivity index (χ0) is 22.9. The summed E-state index contributed by atoms with van der Waals surface area (Å²) < 4.78 is 11.9. The van der Waals surface area contributed by atoms with E-state index in [2.05, 4.69) is 37.7 Å². The van der Waals surface area contributed by atoms with Crippen molar-refractivity contribution in [2.24, 2.45) is 0 Å². The molecule has 0 saturated heterocycles. The molecule has 7 heteroatoms. The molecule has 2 aromatic rings. The van der Waals surface area contributed by atoms with E-state index in [1.807, 2.05) is 36.4 Å². The maximum Gasteiger partial charge on any atom is 0.194 e. The lowest BCUT2D eigenvalue weighted by Crippen LogP contribution is -2.25. The second kappa shape index (κ2) is 15.3. The number of carbonyl (C=O) groups is 1. The monoisotopic (exact) mass is 510 g/mol. The second-order valence-corrected chi connectivity index (χ2v) is 8.75. The van der Waals surface area contributed by atoms with E-state index in [0.29, 0.717) is 24.3 Å². The van der Waals surface area contributed by atoms with Crippen LogP contribution in [0.1, 0.15) is 55.5 Å². The molecule has 190 valence electrons. The number of fused-ring (bicyclic) bond motifs is 3. The van der Waals surface area contributed by atoms with E-state index >= 15 is 0 Å². The number of rotatable bonds is 14. The van der Waals surface area contributed by atoms with Crippen LogP contribution in [-0.4, -0.2) is 69.1 Å². The van der Waals surface area contributed by atoms with E-state index in [0.717, 1.165) is 48.8 Å². The Bertz CT molecular complexity index is 836. The van der Waals surface area contributed by atoms with Crippen molar-refractivity contribution in [3.63, 3.8) is 0 Å². The standard InChI is InChI=1S/C27H38N2O3.2ClH/c1-5-7-13-28(3)15-17-31-21-9-11-23-24-12-10-22(20-26(24)27(30)25(23)19-21)32-18-16-29(4)14-8-6-2;;/h9-12,19-20H,5-8,13-18H2,1-4H3;2*1H. The van der Waals surface area contributed by atoms with Gasteiger partial charge in [0, 0.05) is 24.2 Å². The molecular weight excluding hydrogens is 471 g/mol. The minimum absolute atomic E-state index is 0. The number of benzene rings is 2. The van der Waals surface area contributed by atoms with Crippen LogP contribution in [0, 0.1) is 0 Å². The predicted molar refractivity (Wildman–Crippen MR) is 146 cm³/mol. The van der Waals surface area contributed by atoms with Crippen LogP contribution in [0.2, 0.25) is 0 Å². The third-order valence-electron chi connectivity index (χ3n) is 6.03. The molecule has 0 bridgehead atoms. The largest absolute Gasteiger partial charge is 0.492 e. The molecule has 0 heterocycles. The molecule has 5 nitrogen and oxygen atoms in total. The molecule has 3 rings (SSSR count). The molecule has 0 aliphatic heterocycles. The van der Waals surface area contributed by atoms with Crippen molar-refractivity contribution in [1.82, 2.24) is 9.80 Å². The first-order valence-electron chi connectivity index (χ1n) is 12.0. The van der Waals surface area contributed by atoms with Gasteiger partial charge in [0.15, 0.2) is 5.78 Å². The van der Waals surface area contributed by atoms with Crippen molar-refractivity contribution in [3.05, 3.63) is 47.5 Å². The molecule has 0 saturated carbocycles. The van der Waals surface area contributed by atoms with E-state index in [1.54, 1.807) is 0 Å². The first kappa shape index (κ1) is 30.2. The SMILES string of the molecule is CCCCN(C)CCOc1ccc2c(c1)C(=O)c1cc(OCCN(C)CCCC)ccc1-2.Cl.Cl. The summed E-state index contributed by atoms with van der Waals surface area (Å²) in [5.41, 5.74) is 3.38. The highest BCUT2D eigenvalue weighted by Crippen LogP contribution is 2.39. The van der Waals surface area contributed by atoms with Crippen LogP contribution in [0.5, 0.6) is 11.5 Å². The zero-order valence-electron chi connectivity index (χ0n) is 21.0. The molecule has 1 aliphatic carbocycles. The summed E-state index contributed by atoms with van der Waals surface area (Å²) in [6, 6.07) is 11.7. The van der Waals surface area contributed by atoms with Gasteiger partial charge < -0.3 is 19.3 Å². The third kappa shape index (κ3) is 8.16. The van der Waals surface area contributed by atoms with E-state index in [1.165, 1.54) is 25.7 Å². The van der Waals surface area contributed by atoms with Gasteiger partial charge in [-0.3, -0.25) is 4.79 Å². The summed E-state index contributed by atoms with van der Waals surface area (Å²) >= 11 is 0. The fourth-order valence-corrected chi connectivity index (χ4v) is 3.94. The molecule has 0 radical (unpaired) electrons. The summed E-state index contributed by atoms with van der Waals surface area (Å²) in [4.78, 5) is 17.6. The van der Waals surface area contributed by atoms with Crippen LogP contribution in [0.3, 0.4) is 0 Å². The number of hydrogen-bond donors (Lipinski definition) is 0. The average molecular weight is 512 g/mol. The lowest BCUT2D eigenvalue weighted by molar-refractivity contribution is 0.104. The maximum absolute atomic E-state index is 13.1. The van der Waals surface area contributed by atoms with Gasteiger partial charge >= 0.3 is 0 Å². The summed E-state index contributed by atoms with van der Waals surface area (Å²) in [5, 5.41) is 0. The number of hydrogen-bond acceptors (Lipinski definition) is 5. The fourth-order valence-electron chi connectivity index (χ4n) is 3.94. The van der Waals surface area contributed by atoms with Gasteiger partial charge in [-0.15, -0.1) is 24.8 Å². The molecule has 0 spiro atoms. The van der Waals surface area contributed by atoms with Gasteiger partial charge in [-0.05, 0) is 87.6 Å². The molecule has 1 aliphatic rings. The fraction of sp³-hybridized carbons (Fsp3) is 0.519. The zero-order valence-corrected chi connectivity index (χ0v) is 22.6. The molecule has 0 aromatic heterocycles. The Morgan fingerprint density at radius 2 is 1.06 bits per heavy atom. The first-order chi connectivity index (χ1) is 15.5. The number of ketones is 1. The number of nitrogens with zero attached hydrogens (tertiary/aromatic N) is 2. The number of halogens is 2. The summed E-state index contributed by atoms with van der Waals surface area (Å²) in [6.07, 6.45) is 4.79. The smallest absolute Gasteiger partial charge is 0.194 e. The second-order valence-electron chi connectivity index (χ2n) is 8.75. The average Bonchev–Trinajstić information content (AvgIpc) is 3.07. The minimum atomic E-state index is 0. The van der Waals surface area contributed by atoms with Crippen LogP contribution in [0.25, 0.3) is 11.1 Å². The van der Waals surface area contributed by atoms with Gasteiger partial charge in [-0.25, -0.2) is 0 Å². The van der Waals surface area contributed by atoms with Gasteiger partial charge in [0.1, 0.15) is 24.7 Å². The molecule has 34 heavy (non-hydrogen) atoms. The molecule has 0 N–H and O–H groups in total. The predicted octanol–water partition coefficient (Wildman–Crippen LogP) is 5.96. The van der Waals surface area contributed by atoms with Crippen molar-refractivity contribution in [2.75, 3.05) is 53.5 Å². The number of carbonyl (C=O) groups excluding carboxylic acids is 1. The Labute approximate surface area is 217 Å². The maximum atomic E-state index is 13.1. The summed E-state index contributed by atoms with van der Waals surface area (Å²) in [6.45, 7) is 9.54. The van der Waals surface area contributed by atoms with Crippen molar-refractivity contribution in [2.45, 2.75) is 39.5 Å². The highest BCUT2D eigenvalue weighted by Gasteiger charge is 2.27. The Kier molecular flexibility index (Phi) is 13.6. The normalized spacial score (nSPS) is 11.6. The molecule has 0 fully saturated rings. The Morgan fingerprint density at radius 3 is 1.44 bits per heavy atom. The summed E-state index contributed by atoms with van der Waals surface area (Å²) in [5.74, 6) is 1.55. The Balaban J connectivity index is 0.00000289. The summed E-state index contributed by atoms with van der Waals surface area (Å²) in [7, 11) is 4.23. The van der Waals surface area contributed by atoms with Crippen molar-refractivity contribution in [1.29, 1.82) is 0 Å². The van der Waals surface area contributed by atoms with Crippen LogP contribution >= 0.6 is 24.8 Å². The third-order valence-corrected chi connectivity index (χ3v) is 6.03. The van der Waals surface area contributed by atoms with Crippen LogP contribution in [0.15, 0.2) is 36.4 Å². The first-order valence-corrected chi connectivity index (χ1v) is 12.0. The molecule has 0 amide bonds. The lowest BCUT2D eigenvalue weighted by atomic mass is 10.1. The Morgan fingerprint density at radius 1 is 0.647 bits per heavy atom. The van der Waals surface area contributed by atoms with E-state index in [9.17, 15) is 4.79 Å². The van der Waals surface area contributed by atoms with Gasteiger partial charge in [-0.1, -0.05) is 26.7 Å². The highest BCUT2D eigenvalue weighted by molar-refractivity contribution is 6.22. The van der Waals surface area contributed by atoms with Gasteiger partial charge in [0.05, 0.1) is 0 Å². The van der Waals surface area contributed by atoms with Gasteiger partial charge in [0.25, 0.3) is 0 Å². The lowest BCUT2D eigenvalue weighted by Gasteiger charge is -2.16.